The molecule has 1 aliphatic heterocycles. The summed E-state index contributed by atoms with van der Waals surface area (Å²) in [4.78, 5) is 4.46. The molecule has 0 aromatic heterocycles. The molecular formula is C14H18ClFN2S. The van der Waals surface area contributed by atoms with Crippen LogP contribution in [-0.4, -0.2) is 17.0 Å². The first-order chi connectivity index (χ1) is 9.13. The Kier molecular flexibility index (Phi) is 5.11. The Morgan fingerprint density at radius 1 is 1.47 bits per heavy atom. The van der Waals surface area contributed by atoms with E-state index in [2.05, 4.69) is 24.2 Å². The van der Waals surface area contributed by atoms with Crippen molar-refractivity contribution in [1.29, 1.82) is 0 Å². The lowest BCUT2D eigenvalue weighted by Gasteiger charge is -2.18. The highest BCUT2D eigenvalue weighted by molar-refractivity contribution is 8.15. The third-order valence-corrected chi connectivity index (χ3v) is 4.95. The van der Waals surface area contributed by atoms with Crippen molar-refractivity contribution in [2.24, 2.45) is 10.9 Å². The number of amidine groups is 1. The maximum atomic E-state index is 13.6. The Bertz CT molecular complexity index is 475. The molecule has 1 aliphatic rings. The van der Waals surface area contributed by atoms with Crippen LogP contribution in [0.3, 0.4) is 0 Å². The largest absolute Gasteiger partial charge is 0.333 e. The number of rotatable bonds is 4. The molecule has 1 heterocycles. The summed E-state index contributed by atoms with van der Waals surface area (Å²) in [5, 5.41) is 4.84. The summed E-state index contributed by atoms with van der Waals surface area (Å²) in [6.07, 6.45) is 2.31. The van der Waals surface area contributed by atoms with Gasteiger partial charge in [0.15, 0.2) is 5.17 Å². The van der Waals surface area contributed by atoms with Gasteiger partial charge in [-0.3, -0.25) is 4.99 Å². The van der Waals surface area contributed by atoms with Gasteiger partial charge in [0.2, 0.25) is 0 Å². The summed E-state index contributed by atoms with van der Waals surface area (Å²) >= 11 is 7.58. The summed E-state index contributed by atoms with van der Waals surface area (Å²) < 4.78 is 13.6. The van der Waals surface area contributed by atoms with E-state index in [1.165, 1.54) is 6.07 Å². The van der Waals surface area contributed by atoms with Crippen LogP contribution in [0.4, 0.5) is 10.1 Å². The van der Waals surface area contributed by atoms with Crippen molar-refractivity contribution >= 4 is 34.2 Å². The van der Waals surface area contributed by atoms with Gasteiger partial charge in [-0.2, -0.15) is 0 Å². The molecule has 0 spiro atoms. The van der Waals surface area contributed by atoms with Crippen LogP contribution in [-0.2, 0) is 0 Å². The molecule has 0 radical (unpaired) electrons. The van der Waals surface area contributed by atoms with Gasteiger partial charge in [-0.25, -0.2) is 4.39 Å². The summed E-state index contributed by atoms with van der Waals surface area (Å²) in [6.45, 7) is 5.22. The van der Waals surface area contributed by atoms with E-state index < -0.39 is 0 Å². The quantitative estimate of drug-likeness (QED) is 0.864. The molecule has 0 amide bonds. The standard InChI is InChI=1S/C14H18ClFN2S/c1-3-9(4-2)13-8-17-14(19-13)18-12-7-10(15)5-6-11(12)16/h5-7,9,13H,3-4,8H2,1-2H3,(H,17,18). The SMILES string of the molecule is CCC(CC)C1CN=C(Nc2cc(Cl)ccc2F)S1. The summed E-state index contributed by atoms with van der Waals surface area (Å²) in [5.41, 5.74) is 0.393. The van der Waals surface area contributed by atoms with Crippen LogP contribution in [0.15, 0.2) is 23.2 Å². The maximum Gasteiger partial charge on any atom is 0.161 e. The Morgan fingerprint density at radius 3 is 2.89 bits per heavy atom. The lowest BCUT2D eigenvalue weighted by atomic mass is 9.99. The molecule has 0 aliphatic carbocycles. The molecule has 1 unspecified atom stereocenters. The normalized spacial score (nSPS) is 18.8. The summed E-state index contributed by atoms with van der Waals surface area (Å²) in [5.74, 6) is 0.357. The average Bonchev–Trinajstić information content (AvgIpc) is 2.84. The Hall–Kier alpha value is -0.740. The number of benzene rings is 1. The highest BCUT2D eigenvalue weighted by Gasteiger charge is 2.26. The Morgan fingerprint density at radius 2 is 2.21 bits per heavy atom. The van der Waals surface area contributed by atoms with Gasteiger partial charge < -0.3 is 5.32 Å². The van der Waals surface area contributed by atoms with Gasteiger partial charge in [-0.05, 0) is 24.1 Å². The van der Waals surface area contributed by atoms with Crippen LogP contribution in [0.25, 0.3) is 0 Å². The lowest BCUT2D eigenvalue weighted by molar-refractivity contribution is 0.479. The van der Waals surface area contributed by atoms with Crippen molar-refractivity contribution in [3.8, 4) is 0 Å². The molecule has 1 aromatic rings. The van der Waals surface area contributed by atoms with Crippen molar-refractivity contribution in [3.63, 3.8) is 0 Å². The van der Waals surface area contributed by atoms with Gasteiger partial charge in [0.25, 0.3) is 0 Å². The van der Waals surface area contributed by atoms with Crippen molar-refractivity contribution in [2.45, 2.75) is 31.9 Å². The number of nitrogens with one attached hydrogen (secondary N) is 1. The molecule has 0 saturated carbocycles. The molecular weight excluding hydrogens is 283 g/mol. The number of hydrogen-bond donors (Lipinski definition) is 1. The monoisotopic (exact) mass is 300 g/mol. The second kappa shape index (κ2) is 6.62. The highest BCUT2D eigenvalue weighted by atomic mass is 35.5. The van der Waals surface area contributed by atoms with Crippen LogP contribution < -0.4 is 5.32 Å². The minimum absolute atomic E-state index is 0.307. The third-order valence-electron chi connectivity index (χ3n) is 3.42. The Labute approximate surface area is 122 Å². The third kappa shape index (κ3) is 3.63. The van der Waals surface area contributed by atoms with Crippen molar-refractivity contribution < 1.29 is 4.39 Å². The maximum absolute atomic E-state index is 13.6. The lowest BCUT2D eigenvalue weighted by Crippen LogP contribution is -2.17. The van der Waals surface area contributed by atoms with E-state index in [4.69, 9.17) is 11.6 Å². The molecule has 2 nitrogen and oxygen atoms in total. The molecule has 0 bridgehead atoms. The first-order valence-corrected chi connectivity index (χ1v) is 7.83. The van der Waals surface area contributed by atoms with Gasteiger partial charge in [-0.1, -0.05) is 50.1 Å². The molecule has 104 valence electrons. The van der Waals surface area contributed by atoms with E-state index in [1.807, 2.05) is 0 Å². The second-order valence-electron chi connectivity index (χ2n) is 4.63. The molecule has 0 saturated heterocycles. The molecule has 1 atom stereocenters. The molecule has 1 aromatic carbocycles. The molecule has 1 N–H and O–H groups in total. The first-order valence-electron chi connectivity index (χ1n) is 6.57. The van der Waals surface area contributed by atoms with Crippen LogP contribution in [0.5, 0.6) is 0 Å². The smallest absolute Gasteiger partial charge is 0.161 e. The predicted octanol–water partition coefficient (Wildman–Crippen LogP) is 4.80. The van der Waals surface area contributed by atoms with Crippen LogP contribution in [0.2, 0.25) is 5.02 Å². The molecule has 2 rings (SSSR count). The fraction of sp³-hybridized carbons (Fsp3) is 0.500. The van der Waals surface area contributed by atoms with E-state index in [0.29, 0.717) is 21.9 Å². The number of hydrogen-bond acceptors (Lipinski definition) is 3. The number of nitrogens with zero attached hydrogens (tertiary/aromatic N) is 1. The van der Waals surface area contributed by atoms with Gasteiger partial charge in [0.05, 0.1) is 12.2 Å². The Balaban J connectivity index is 2.00. The predicted molar refractivity (Wildman–Crippen MR) is 82.8 cm³/mol. The van der Waals surface area contributed by atoms with Crippen molar-refractivity contribution in [2.75, 3.05) is 11.9 Å². The van der Waals surface area contributed by atoms with Gasteiger partial charge in [0, 0.05) is 10.3 Å². The summed E-state index contributed by atoms with van der Waals surface area (Å²) in [6, 6.07) is 4.49. The van der Waals surface area contributed by atoms with E-state index >= 15 is 0 Å². The number of thioether (sulfide) groups is 1. The first kappa shape index (κ1) is 14.7. The van der Waals surface area contributed by atoms with Crippen LogP contribution >= 0.6 is 23.4 Å². The highest BCUT2D eigenvalue weighted by Crippen LogP contribution is 2.32. The van der Waals surface area contributed by atoms with E-state index in [1.54, 1.807) is 23.9 Å². The molecule has 5 heteroatoms. The van der Waals surface area contributed by atoms with Crippen molar-refractivity contribution in [1.82, 2.24) is 0 Å². The van der Waals surface area contributed by atoms with Gasteiger partial charge in [-0.15, -0.1) is 0 Å². The minimum atomic E-state index is -0.307. The summed E-state index contributed by atoms with van der Waals surface area (Å²) in [7, 11) is 0. The zero-order valence-corrected chi connectivity index (χ0v) is 12.7. The van der Waals surface area contributed by atoms with Gasteiger partial charge in [0.1, 0.15) is 5.82 Å². The van der Waals surface area contributed by atoms with E-state index in [0.717, 1.165) is 24.6 Å². The molecule has 19 heavy (non-hydrogen) atoms. The fourth-order valence-electron chi connectivity index (χ4n) is 2.23. The fourth-order valence-corrected chi connectivity index (χ4v) is 3.73. The van der Waals surface area contributed by atoms with E-state index in [9.17, 15) is 4.39 Å². The number of aliphatic imine (C=N–C) groups is 1. The molecule has 0 fully saturated rings. The zero-order chi connectivity index (χ0) is 13.8. The number of halogens is 2. The average molecular weight is 301 g/mol. The van der Waals surface area contributed by atoms with Crippen molar-refractivity contribution in [3.05, 3.63) is 29.0 Å². The zero-order valence-electron chi connectivity index (χ0n) is 11.1. The number of anilines is 1. The van der Waals surface area contributed by atoms with Crippen LogP contribution in [0.1, 0.15) is 26.7 Å². The van der Waals surface area contributed by atoms with Gasteiger partial charge >= 0.3 is 0 Å². The second-order valence-corrected chi connectivity index (χ2v) is 6.29. The minimum Gasteiger partial charge on any atom is -0.333 e. The topological polar surface area (TPSA) is 24.4 Å². The van der Waals surface area contributed by atoms with Crippen LogP contribution in [0, 0.1) is 11.7 Å². The van der Waals surface area contributed by atoms with E-state index in [-0.39, 0.29) is 5.82 Å².